The van der Waals surface area contributed by atoms with E-state index in [4.69, 9.17) is 4.74 Å². The number of amides is 1. The van der Waals surface area contributed by atoms with Gasteiger partial charge >= 0.3 is 0 Å². The molecule has 1 N–H and O–H groups in total. The fourth-order valence-corrected chi connectivity index (χ4v) is 2.42. The van der Waals surface area contributed by atoms with Crippen molar-refractivity contribution in [2.75, 3.05) is 13.2 Å². The summed E-state index contributed by atoms with van der Waals surface area (Å²) in [6.07, 6.45) is 3.93. The number of ether oxygens (including phenoxy) is 1. The lowest BCUT2D eigenvalue weighted by Crippen LogP contribution is -2.32. The number of nitrogens with one attached hydrogen (secondary N) is 1. The van der Waals surface area contributed by atoms with Crippen LogP contribution in [0, 0.1) is 6.92 Å². The van der Waals surface area contributed by atoms with E-state index in [0.717, 1.165) is 25.1 Å². The predicted octanol–water partition coefficient (Wildman–Crippen LogP) is 1.86. The van der Waals surface area contributed by atoms with Crippen LogP contribution in [0.25, 0.3) is 0 Å². The van der Waals surface area contributed by atoms with E-state index in [1.54, 1.807) is 6.20 Å². The number of carbonyl (C=O) groups is 1. The van der Waals surface area contributed by atoms with Crippen molar-refractivity contribution in [3.05, 3.63) is 17.5 Å². The van der Waals surface area contributed by atoms with E-state index in [1.807, 2.05) is 11.6 Å². The minimum atomic E-state index is -0.114. The molecule has 106 valence electrons. The Morgan fingerprint density at radius 2 is 2.32 bits per heavy atom. The van der Waals surface area contributed by atoms with E-state index in [9.17, 15) is 4.79 Å². The third kappa shape index (κ3) is 3.15. The first-order chi connectivity index (χ1) is 8.89. The second-order valence-electron chi connectivity index (χ2n) is 6.07. The van der Waals surface area contributed by atoms with Gasteiger partial charge in [-0.05, 0) is 40.5 Å². The molecule has 1 aliphatic heterocycles. The Balaban J connectivity index is 2.01. The van der Waals surface area contributed by atoms with Gasteiger partial charge in [-0.3, -0.25) is 9.48 Å². The molecule has 2 heterocycles. The molecule has 0 saturated carbocycles. The van der Waals surface area contributed by atoms with Crippen molar-refractivity contribution in [3.8, 4) is 0 Å². The van der Waals surface area contributed by atoms with Crippen LogP contribution < -0.4 is 5.32 Å². The number of rotatable bonds is 3. The van der Waals surface area contributed by atoms with Gasteiger partial charge in [0.25, 0.3) is 5.91 Å². The smallest absolute Gasteiger partial charge is 0.254 e. The van der Waals surface area contributed by atoms with Crippen LogP contribution in [0.3, 0.4) is 0 Å². The van der Waals surface area contributed by atoms with Crippen LogP contribution >= 0.6 is 0 Å². The van der Waals surface area contributed by atoms with Crippen molar-refractivity contribution in [1.29, 1.82) is 0 Å². The molecule has 1 saturated heterocycles. The highest BCUT2D eigenvalue weighted by molar-refractivity contribution is 5.95. The highest BCUT2D eigenvalue weighted by Gasteiger charge is 2.22. The molecule has 2 rings (SSSR count). The largest absolute Gasteiger partial charge is 0.376 e. The topological polar surface area (TPSA) is 56.1 Å². The molecule has 0 radical (unpaired) electrons. The van der Waals surface area contributed by atoms with Crippen molar-refractivity contribution in [2.45, 2.75) is 52.2 Å². The Kier molecular flexibility index (Phi) is 3.94. The lowest BCUT2D eigenvalue weighted by atomic mass is 10.1. The molecule has 5 heteroatoms. The molecule has 0 bridgehead atoms. The lowest BCUT2D eigenvalue weighted by molar-refractivity contribution is 0.0857. The van der Waals surface area contributed by atoms with Crippen LogP contribution in [0.1, 0.15) is 49.7 Å². The normalized spacial score (nSPS) is 19.7. The predicted molar refractivity (Wildman–Crippen MR) is 73.3 cm³/mol. The van der Waals surface area contributed by atoms with Gasteiger partial charge in [-0.25, -0.2) is 0 Å². The zero-order valence-electron chi connectivity index (χ0n) is 12.2. The minimum Gasteiger partial charge on any atom is -0.376 e. The standard InChI is InChI=1S/C14H23N3O2/c1-10-12(9-16-17(10)14(2,3)4)13(18)15-8-11-6-5-7-19-11/h9,11H,5-8H2,1-4H3,(H,15,18). The highest BCUT2D eigenvalue weighted by Crippen LogP contribution is 2.18. The van der Waals surface area contributed by atoms with E-state index in [2.05, 4.69) is 31.2 Å². The molecule has 1 aliphatic rings. The first kappa shape index (κ1) is 14.1. The zero-order valence-corrected chi connectivity index (χ0v) is 12.2. The van der Waals surface area contributed by atoms with Crippen molar-refractivity contribution in [1.82, 2.24) is 15.1 Å². The van der Waals surface area contributed by atoms with Crippen molar-refractivity contribution < 1.29 is 9.53 Å². The summed E-state index contributed by atoms with van der Waals surface area (Å²) in [7, 11) is 0. The molecule has 1 unspecified atom stereocenters. The molecule has 19 heavy (non-hydrogen) atoms. The number of hydrogen-bond acceptors (Lipinski definition) is 3. The molecule has 0 aliphatic carbocycles. The van der Waals surface area contributed by atoms with Gasteiger partial charge in [0.2, 0.25) is 0 Å². The lowest BCUT2D eigenvalue weighted by Gasteiger charge is -2.21. The third-order valence-corrected chi connectivity index (χ3v) is 3.40. The second-order valence-corrected chi connectivity index (χ2v) is 6.07. The average Bonchev–Trinajstić information content (AvgIpc) is 2.93. The first-order valence-electron chi connectivity index (χ1n) is 6.84. The highest BCUT2D eigenvalue weighted by atomic mass is 16.5. The minimum absolute atomic E-state index is 0.0662. The van der Waals surface area contributed by atoms with Gasteiger partial charge in [-0.15, -0.1) is 0 Å². The fraction of sp³-hybridized carbons (Fsp3) is 0.714. The maximum atomic E-state index is 12.1. The van der Waals surface area contributed by atoms with Crippen molar-refractivity contribution in [3.63, 3.8) is 0 Å². The second kappa shape index (κ2) is 5.33. The number of hydrogen-bond donors (Lipinski definition) is 1. The SMILES string of the molecule is Cc1c(C(=O)NCC2CCCO2)cnn1C(C)(C)C. The van der Waals surface area contributed by atoms with Gasteiger partial charge in [0.05, 0.1) is 23.4 Å². The summed E-state index contributed by atoms with van der Waals surface area (Å²) in [6, 6.07) is 0. The molecule has 1 fully saturated rings. The van der Waals surface area contributed by atoms with Crippen LogP contribution in [0.15, 0.2) is 6.20 Å². The quantitative estimate of drug-likeness (QED) is 0.907. The zero-order chi connectivity index (χ0) is 14.0. The van der Waals surface area contributed by atoms with Crippen molar-refractivity contribution in [2.24, 2.45) is 0 Å². The van der Waals surface area contributed by atoms with Crippen LogP contribution in [-0.2, 0) is 10.3 Å². The Bertz CT molecular complexity index is 454. The van der Waals surface area contributed by atoms with E-state index >= 15 is 0 Å². The maximum absolute atomic E-state index is 12.1. The van der Waals surface area contributed by atoms with Gasteiger partial charge < -0.3 is 10.1 Å². The van der Waals surface area contributed by atoms with Crippen LogP contribution in [0.4, 0.5) is 0 Å². The molecular formula is C14H23N3O2. The summed E-state index contributed by atoms with van der Waals surface area (Å²) < 4.78 is 7.38. The Morgan fingerprint density at radius 3 is 2.84 bits per heavy atom. The molecular weight excluding hydrogens is 242 g/mol. The molecule has 1 aromatic heterocycles. The number of carbonyl (C=O) groups excluding carboxylic acids is 1. The summed E-state index contributed by atoms with van der Waals surface area (Å²) in [6.45, 7) is 9.53. The van der Waals surface area contributed by atoms with E-state index in [-0.39, 0.29) is 17.6 Å². The van der Waals surface area contributed by atoms with Crippen LogP contribution in [-0.4, -0.2) is 34.9 Å². The number of nitrogens with zero attached hydrogens (tertiary/aromatic N) is 2. The summed E-state index contributed by atoms with van der Waals surface area (Å²) in [5, 5.41) is 7.24. The summed E-state index contributed by atoms with van der Waals surface area (Å²) in [5.74, 6) is -0.0662. The molecule has 1 aromatic rings. The van der Waals surface area contributed by atoms with E-state index < -0.39 is 0 Å². The fourth-order valence-electron chi connectivity index (χ4n) is 2.42. The van der Waals surface area contributed by atoms with Gasteiger partial charge in [-0.2, -0.15) is 5.10 Å². The van der Waals surface area contributed by atoms with E-state index in [0.29, 0.717) is 12.1 Å². The third-order valence-electron chi connectivity index (χ3n) is 3.40. The molecule has 0 spiro atoms. The van der Waals surface area contributed by atoms with Gasteiger partial charge in [-0.1, -0.05) is 0 Å². The Hall–Kier alpha value is -1.36. The molecule has 0 aromatic carbocycles. The average molecular weight is 265 g/mol. The number of aromatic nitrogens is 2. The Labute approximate surface area is 114 Å². The molecule has 5 nitrogen and oxygen atoms in total. The summed E-state index contributed by atoms with van der Waals surface area (Å²) >= 11 is 0. The monoisotopic (exact) mass is 265 g/mol. The molecule has 1 atom stereocenters. The maximum Gasteiger partial charge on any atom is 0.254 e. The van der Waals surface area contributed by atoms with Crippen LogP contribution in [0.2, 0.25) is 0 Å². The van der Waals surface area contributed by atoms with Gasteiger partial charge in [0.1, 0.15) is 0 Å². The van der Waals surface area contributed by atoms with E-state index in [1.165, 1.54) is 0 Å². The first-order valence-corrected chi connectivity index (χ1v) is 6.84. The van der Waals surface area contributed by atoms with Gasteiger partial charge in [0.15, 0.2) is 0 Å². The summed E-state index contributed by atoms with van der Waals surface area (Å²) in [5.41, 5.74) is 1.43. The Morgan fingerprint density at radius 1 is 1.58 bits per heavy atom. The van der Waals surface area contributed by atoms with Gasteiger partial charge in [0, 0.05) is 18.8 Å². The molecule has 1 amide bonds. The van der Waals surface area contributed by atoms with Crippen molar-refractivity contribution >= 4 is 5.91 Å². The van der Waals surface area contributed by atoms with Crippen LogP contribution in [0.5, 0.6) is 0 Å². The summed E-state index contributed by atoms with van der Waals surface area (Å²) in [4.78, 5) is 12.1.